The quantitative estimate of drug-likeness (QED) is 0.652. The molecule has 1 saturated heterocycles. The Morgan fingerprint density at radius 3 is 2.84 bits per heavy atom. The number of carbonyl (C=O) groups is 2. The Morgan fingerprint density at radius 1 is 1.23 bits per heavy atom. The molecule has 2 aromatic rings. The molecule has 6 nitrogen and oxygen atoms in total. The molecule has 2 amide bonds. The van der Waals surface area contributed by atoms with Gasteiger partial charge >= 0.3 is 0 Å². The lowest BCUT2D eigenvalue weighted by Gasteiger charge is -2.34. The molecule has 168 valence electrons. The van der Waals surface area contributed by atoms with E-state index in [2.05, 4.69) is 5.32 Å². The van der Waals surface area contributed by atoms with Gasteiger partial charge < -0.3 is 19.7 Å². The summed E-state index contributed by atoms with van der Waals surface area (Å²) >= 11 is 1.49. The van der Waals surface area contributed by atoms with Crippen LogP contribution in [-0.4, -0.2) is 56.7 Å². The fourth-order valence-electron chi connectivity index (χ4n) is 4.72. The van der Waals surface area contributed by atoms with Crippen LogP contribution in [0.5, 0.6) is 0 Å². The van der Waals surface area contributed by atoms with Gasteiger partial charge in [0.15, 0.2) is 0 Å². The molecule has 0 bridgehead atoms. The molecule has 1 atom stereocenters. The van der Waals surface area contributed by atoms with E-state index in [0.717, 1.165) is 15.6 Å². The van der Waals surface area contributed by atoms with Crippen LogP contribution in [0.2, 0.25) is 0 Å². The van der Waals surface area contributed by atoms with E-state index in [1.165, 1.54) is 43.4 Å². The summed E-state index contributed by atoms with van der Waals surface area (Å²) in [6, 6.07) is 8.04. The molecule has 2 heterocycles. The van der Waals surface area contributed by atoms with Crippen LogP contribution in [0.3, 0.4) is 0 Å². The molecular formula is C24H32N2O4S. The Balaban J connectivity index is 1.53. The number of hydrogen-bond acceptors (Lipinski definition) is 5. The molecule has 7 heteroatoms. The van der Waals surface area contributed by atoms with E-state index in [9.17, 15) is 9.59 Å². The van der Waals surface area contributed by atoms with Crippen molar-refractivity contribution < 1.29 is 19.1 Å². The Morgan fingerprint density at radius 2 is 2.03 bits per heavy atom. The number of nitrogens with zero attached hydrogens (tertiary/aromatic N) is 1. The van der Waals surface area contributed by atoms with Gasteiger partial charge in [-0.3, -0.25) is 9.59 Å². The van der Waals surface area contributed by atoms with Crippen molar-refractivity contribution in [3.8, 4) is 0 Å². The molecular weight excluding hydrogens is 412 g/mol. The van der Waals surface area contributed by atoms with Crippen molar-refractivity contribution in [2.24, 2.45) is 5.92 Å². The number of amides is 2. The Labute approximate surface area is 187 Å². The lowest BCUT2D eigenvalue weighted by atomic mass is 9.86. The van der Waals surface area contributed by atoms with Crippen molar-refractivity contribution in [1.29, 1.82) is 0 Å². The van der Waals surface area contributed by atoms with Gasteiger partial charge in [-0.15, -0.1) is 11.3 Å². The number of ether oxygens (including phenoxy) is 2. The molecule has 0 spiro atoms. The number of rotatable bonds is 7. The summed E-state index contributed by atoms with van der Waals surface area (Å²) in [6.07, 6.45) is 6.47. The first-order valence-corrected chi connectivity index (χ1v) is 12.2. The average molecular weight is 445 g/mol. The molecule has 1 aromatic carbocycles. The Kier molecular flexibility index (Phi) is 7.58. The lowest BCUT2D eigenvalue weighted by molar-refractivity contribution is -0.140. The number of methoxy groups -OCH3 is 1. The third-order valence-electron chi connectivity index (χ3n) is 6.36. The smallest absolute Gasteiger partial charge is 0.261 e. The molecule has 2 fully saturated rings. The maximum absolute atomic E-state index is 13.0. The fraction of sp³-hybridized carbons (Fsp3) is 0.583. The number of benzene rings is 1. The van der Waals surface area contributed by atoms with E-state index in [4.69, 9.17) is 9.47 Å². The van der Waals surface area contributed by atoms with Crippen molar-refractivity contribution in [2.45, 2.75) is 44.6 Å². The molecule has 1 saturated carbocycles. The molecule has 4 rings (SSSR count). The number of morpholine rings is 1. The summed E-state index contributed by atoms with van der Waals surface area (Å²) in [6.45, 7) is 2.55. The Hall–Kier alpha value is -1.96. The zero-order valence-corrected chi connectivity index (χ0v) is 19.0. The number of thiophene rings is 1. The Bertz CT molecular complexity index is 906. The van der Waals surface area contributed by atoms with E-state index >= 15 is 0 Å². The predicted octanol–water partition coefficient (Wildman–Crippen LogP) is 4.15. The molecule has 2 aliphatic rings. The first kappa shape index (κ1) is 22.2. The normalized spacial score (nSPS) is 20.2. The van der Waals surface area contributed by atoms with Crippen molar-refractivity contribution in [3.05, 3.63) is 34.7 Å². The first-order valence-electron chi connectivity index (χ1n) is 11.3. The minimum atomic E-state index is -0.289. The summed E-state index contributed by atoms with van der Waals surface area (Å²) in [5.74, 6) is 0.639. The monoisotopic (exact) mass is 444 g/mol. The van der Waals surface area contributed by atoms with E-state index in [1.54, 1.807) is 7.11 Å². The van der Waals surface area contributed by atoms with Gasteiger partial charge in [-0.2, -0.15) is 0 Å². The van der Waals surface area contributed by atoms with Gasteiger partial charge in [0.25, 0.3) is 5.91 Å². The summed E-state index contributed by atoms with van der Waals surface area (Å²) in [4.78, 5) is 28.6. The van der Waals surface area contributed by atoms with Crippen molar-refractivity contribution in [1.82, 2.24) is 10.2 Å². The fourth-order valence-corrected chi connectivity index (χ4v) is 5.89. The van der Waals surface area contributed by atoms with Gasteiger partial charge in [-0.05, 0) is 30.2 Å². The summed E-state index contributed by atoms with van der Waals surface area (Å²) < 4.78 is 12.2. The topological polar surface area (TPSA) is 67.9 Å². The van der Waals surface area contributed by atoms with Gasteiger partial charge in [0, 0.05) is 36.9 Å². The molecule has 1 aliphatic carbocycles. The molecule has 1 aromatic heterocycles. The van der Waals surface area contributed by atoms with Gasteiger partial charge in [0.2, 0.25) is 5.91 Å². The van der Waals surface area contributed by atoms with E-state index in [0.29, 0.717) is 50.1 Å². The lowest BCUT2D eigenvalue weighted by Crippen LogP contribution is -2.43. The highest BCUT2D eigenvalue weighted by molar-refractivity contribution is 7.21. The maximum Gasteiger partial charge on any atom is 0.261 e. The van der Waals surface area contributed by atoms with Crippen molar-refractivity contribution in [2.75, 3.05) is 40.0 Å². The van der Waals surface area contributed by atoms with Gasteiger partial charge in [-0.25, -0.2) is 0 Å². The zero-order chi connectivity index (χ0) is 21.6. The summed E-state index contributed by atoms with van der Waals surface area (Å²) in [5, 5.41) is 3.98. The third-order valence-corrected chi connectivity index (χ3v) is 7.55. The van der Waals surface area contributed by atoms with E-state index in [-0.39, 0.29) is 17.9 Å². The SMILES string of the molecule is COCCNC(=O)c1sc2ccccc2c1C1CN(C(=O)CC2CCCCC2)CCO1. The second kappa shape index (κ2) is 10.6. The van der Waals surface area contributed by atoms with Crippen LogP contribution in [0.25, 0.3) is 10.1 Å². The highest BCUT2D eigenvalue weighted by atomic mass is 32.1. The standard InChI is InChI=1S/C24H32N2O4S/c1-29-13-11-25-24(28)23-22(18-9-5-6-10-20(18)31-23)19-16-26(12-14-30-19)21(27)15-17-7-3-2-4-8-17/h5-6,9-10,17,19H,2-4,7-8,11-16H2,1H3,(H,25,28). The highest BCUT2D eigenvalue weighted by Gasteiger charge is 2.32. The molecule has 1 N–H and O–H groups in total. The predicted molar refractivity (Wildman–Crippen MR) is 122 cm³/mol. The maximum atomic E-state index is 13.0. The number of fused-ring (bicyclic) bond motifs is 1. The molecule has 1 unspecified atom stereocenters. The zero-order valence-electron chi connectivity index (χ0n) is 18.2. The minimum Gasteiger partial charge on any atom is -0.383 e. The van der Waals surface area contributed by atoms with Crippen LogP contribution in [0.1, 0.15) is 59.9 Å². The summed E-state index contributed by atoms with van der Waals surface area (Å²) in [7, 11) is 1.62. The number of carbonyl (C=O) groups excluding carboxylic acids is 2. The third kappa shape index (κ3) is 5.27. The van der Waals surface area contributed by atoms with Crippen LogP contribution >= 0.6 is 11.3 Å². The number of nitrogens with one attached hydrogen (secondary N) is 1. The van der Waals surface area contributed by atoms with Gasteiger partial charge in [0.1, 0.15) is 6.10 Å². The number of hydrogen-bond donors (Lipinski definition) is 1. The van der Waals surface area contributed by atoms with Crippen LogP contribution in [0, 0.1) is 5.92 Å². The van der Waals surface area contributed by atoms with Crippen LogP contribution in [0.15, 0.2) is 24.3 Å². The van der Waals surface area contributed by atoms with E-state index in [1.807, 2.05) is 29.2 Å². The summed E-state index contributed by atoms with van der Waals surface area (Å²) in [5.41, 5.74) is 0.908. The second-order valence-electron chi connectivity index (χ2n) is 8.50. The van der Waals surface area contributed by atoms with Crippen LogP contribution < -0.4 is 5.32 Å². The molecule has 31 heavy (non-hydrogen) atoms. The van der Waals surface area contributed by atoms with Gasteiger partial charge in [-0.1, -0.05) is 37.5 Å². The second-order valence-corrected chi connectivity index (χ2v) is 9.55. The van der Waals surface area contributed by atoms with Crippen molar-refractivity contribution >= 4 is 33.2 Å². The molecule has 1 aliphatic heterocycles. The minimum absolute atomic E-state index is 0.109. The van der Waals surface area contributed by atoms with Crippen LogP contribution in [-0.2, 0) is 14.3 Å². The highest BCUT2D eigenvalue weighted by Crippen LogP contribution is 2.38. The molecule has 0 radical (unpaired) electrons. The first-order chi connectivity index (χ1) is 15.2. The van der Waals surface area contributed by atoms with Crippen LogP contribution in [0.4, 0.5) is 0 Å². The van der Waals surface area contributed by atoms with Crippen molar-refractivity contribution in [3.63, 3.8) is 0 Å². The van der Waals surface area contributed by atoms with Gasteiger partial charge in [0.05, 0.1) is 24.6 Å². The largest absolute Gasteiger partial charge is 0.383 e. The van der Waals surface area contributed by atoms with E-state index < -0.39 is 0 Å². The average Bonchev–Trinajstić information content (AvgIpc) is 3.20.